The summed E-state index contributed by atoms with van der Waals surface area (Å²) in [6.45, 7) is 3.39. The zero-order valence-electron chi connectivity index (χ0n) is 6.25. The normalized spacial score (nSPS) is 11.6. The van der Waals surface area contributed by atoms with Gasteiger partial charge in [-0.3, -0.25) is 4.79 Å². The number of hydrogen-bond donors (Lipinski definition) is 2. The van der Waals surface area contributed by atoms with Crippen LogP contribution in [0.3, 0.4) is 0 Å². The molecule has 1 atom stereocenters. The number of aldehydes is 1. The molecule has 4 nitrogen and oxygen atoms in total. The molecule has 0 aromatic heterocycles. The summed E-state index contributed by atoms with van der Waals surface area (Å²) >= 11 is 0. The fourth-order valence-corrected chi connectivity index (χ4v) is 0.640. The first kappa shape index (κ1) is 9.68. The van der Waals surface area contributed by atoms with Crippen LogP contribution in [0, 0.1) is 0 Å². The molecule has 0 bridgehead atoms. The Labute approximate surface area is 65.5 Å². The van der Waals surface area contributed by atoms with E-state index in [1.54, 1.807) is 0 Å². The van der Waals surface area contributed by atoms with E-state index in [1.807, 2.05) is 0 Å². The average Bonchev–Trinajstić information content (AvgIpc) is 1.97. The van der Waals surface area contributed by atoms with Gasteiger partial charge in [-0.15, -0.1) is 0 Å². The monoisotopic (exact) mass is 156 g/mol. The highest BCUT2D eigenvalue weighted by molar-refractivity contribution is 5.74. The van der Waals surface area contributed by atoms with Gasteiger partial charge in [0.15, 0.2) is 0 Å². The van der Waals surface area contributed by atoms with Gasteiger partial charge in [0.05, 0.1) is 6.04 Å². The Bertz CT molecular complexity index is 157. The van der Waals surface area contributed by atoms with E-state index in [0.717, 1.165) is 6.29 Å². The minimum atomic E-state index is -0.400. The van der Waals surface area contributed by atoms with Crippen LogP contribution in [-0.2, 0) is 9.59 Å². The standard InChI is InChI=1S/C7H12N2O2/c1-2-9-6(5-10)3-4-7(8)11/h2,5-6,9H,1,3-4H2,(H2,8,11)/t6-/m0/s1. The molecule has 0 aliphatic carbocycles. The van der Waals surface area contributed by atoms with E-state index in [2.05, 4.69) is 11.9 Å². The first-order valence-corrected chi connectivity index (χ1v) is 3.31. The highest BCUT2D eigenvalue weighted by Gasteiger charge is 2.05. The van der Waals surface area contributed by atoms with Gasteiger partial charge < -0.3 is 15.8 Å². The summed E-state index contributed by atoms with van der Waals surface area (Å²) in [5.41, 5.74) is 4.88. The van der Waals surface area contributed by atoms with Crippen molar-refractivity contribution < 1.29 is 9.59 Å². The van der Waals surface area contributed by atoms with Crippen molar-refractivity contribution in [2.24, 2.45) is 5.73 Å². The topological polar surface area (TPSA) is 72.2 Å². The second-order valence-electron chi connectivity index (χ2n) is 2.12. The molecule has 0 aromatic rings. The van der Waals surface area contributed by atoms with Crippen molar-refractivity contribution in [1.82, 2.24) is 5.32 Å². The Morgan fingerprint density at radius 1 is 1.73 bits per heavy atom. The molecular weight excluding hydrogens is 144 g/mol. The van der Waals surface area contributed by atoms with Gasteiger partial charge in [0.2, 0.25) is 5.91 Å². The molecule has 0 aliphatic rings. The van der Waals surface area contributed by atoms with E-state index in [0.29, 0.717) is 6.42 Å². The lowest BCUT2D eigenvalue weighted by Gasteiger charge is -2.07. The molecule has 0 unspecified atom stereocenters. The van der Waals surface area contributed by atoms with Crippen molar-refractivity contribution >= 4 is 12.2 Å². The third-order valence-corrected chi connectivity index (χ3v) is 1.20. The predicted molar refractivity (Wildman–Crippen MR) is 41.6 cm³/mol. The number of amides is 1. The van der Waals surface area contributed by atoms with E-state index in [4.69, 9.17) is 5.73 Å². The SMILES string of the molecule is C=CN[C@H](C=O)CCC(N)=O. The van der Waals surface area contributed by atoms with Gasteiger partial charge >= 0.3 is 0 Å². The Morgan fingerprint density at radius 3 is 2.73 bits per heavy atom. The number of rotatable bonds is 6. The maximum Gasteiger partial charge on any atom is 0.217 e. The predicted octanol–water partition coefficient (Wildman–Crippen LogP) is -0.448. The van der Waals surface area contributed by atoms with Gasteiger partial charge in [-0.05, 0) is 12.6 Å². The van der Waals surface area contributed by atoms with E-state index in [9.17, 15) is 9.59 Å². The number of hydrogen-bond acceptors (Lipinski definition) is 3. The van der Waals surface area contributed by atoms with Crippen molar-refractivity contribution in [2.75, 3.05) is 0 Å². The fourth-order valence-electron chi connectivity index (χ4n) is 0.640. The first-order chi connectivity index (χ1) is 5.20. The zero-order chi connectivity index (χ0) is 8.69. The zero-order valence-corrected chi connectivity index (χ0v) is 6.25. The lowest BCUT2D eigenvalue weighted by molar-refractivity contribution is -0.118. The minimum absolute atomic E-state index is 0.213. The summed E-state index contributed by atoms with van der Waals surface area (Å²) in [5, 5.41) is 2.68. The molecule has 0 saturated heterocycles. The van der Waals surface area contributed by atoms with Crippen LogP contribution in [0.4, 0.5) is 0 Å². The van der Waals surface area contributed by atoms with Gasteiger partial charge in [-0.1, -0.05) is 6.58 Å². The van der Waals surface area contributed by atoms with Crippen LogP contribution in [-0.4, -0.2) is 18.2 Å². The Kier molecular flexibility index (Phi) is 4.81. The Hall–Kier alpha value is -1.32. The summed E-state index contributed by atoms with van der Waals surface area (Å²) in [4.78, 5) is 20.5. The summed E-state index contributed by atoms with van der Waals surface area (Å²) < 4.78 is 0. The number of nitrogens with one attached hydrogen (secondary N) is 1. The van der Waals surface area contributed by atoms with Crippen LogP contribution >= 0.6 is 0 Å². The largest absolute Gasteiger partial charge is 0.382 e. The van der Waals surface area contributed by atoms with Crippen molar-refractivity contribution in [3.05, 3.63) is 12.8 Å². The number of primary amides is 1. The van der Waals surface area contributed by atoms with Crippen LogP contribution in [0.2, 0.25) is 0 Å². The van der Waals surface area contributed by atoms with Gasteiger partial charge in [-0.2, -0.15) is 0 Å². The summed E-state index contributed by atoms with van der Waals surface area (Å²) in [5.74, 6) is -0.400. The molecule has 62 valence electrons. The van der Waals surface area contributed by atoms with Gasteiger partial charge in [0.1, 0.15) is 6.29 Å². The maximum atomic E-state index is 10.3. The molecule has 3 N–H and O–H groups in total. The van der Waals surface area contributed by atoms with Gasteiger partial charge in [0.25, 0.3) is 0 Å². The van der Waals surface area contributed by atoms with Crippen molar-refractivity contribution in [1.29, 1.82) is 0 Å². The Morgan fingerprint density at radius 2 is 2.36 bits per heavy atom. The fraction of sp³-hybridized carbons (Fsp3) is 0.429. The van der Waals surface area contributed by atoms with E-state index in [1.165, 1.54) is 6.20 Å². The minimum Gasteiger partial charge on any atom is -0.382 e. The van der Waals surface area contributed by atoms with Crippen LogP contribution in [0.1, 0.15) is 12.8 Å². The molecule has 0 saturated carbocycles. The summed E-state index contributed by atoms with van der Waals surface area (Å²) in [6, 6.07) is -0.347. The van der Waals surface area contributed by atoms with Crippen LogP contribution in [0.15, 0.2) is 12.8 Å². The molecule has 0 aromatic carbocycles. The third kappa shape index (κ3) is 5.14. The summed E-state index contributed by atoms with van der Waals surface area (Å²) in [7, 11) is 0. The van der Waals surface area contributed by atoms with Crippen LogP contribution < -0.4 is 11.1 Å². The second kappa shape index (κ2) is 5.46. The highest BCUT2D eigenvalue weighted by Crippen LogP contribution is 1.92. The lowest BCUT2D eigenvalue weighted by Crippen LogP contribution is -2.27. The maximum absolute atomic E-state index is 10.3. The first-order valence-electron chi connectivity index (χ1n) is 3.31. The number of carbonyl (C=O) groups is 2. The molecule has 1 amide bonds. The molecule has 0 rings (SSSR count). The van der Waals surface area contributed by atoms with Crippen molar-refractivity contribution in [3.8, 4) is 0 Å². The molecule has 0 fully saturated rings. The molecule has 0 heterocycles. The van der Waals surface area contributed by atoms with E-state index in [-0.39, 0.29) is 12.5 Å². The molecular formula is C7H12N2O2. The lowest BCUT2D eigenvalue weighted by atomic mass is 10.2. The van der Waals surface area contributed by atoms with Crippen molar-refractivity contribution in [3.63, 3.8) is 0 Å². The van der Waals surface area contributed by atoms with E-state index < -0.39 is 5.91 Å². The van der Waals surface area contributed by atoms with Crippen molar-refractivity contribution in [2.45, 2.75) is 18.9 Å². The molecule has 0 aliphatic heterocycles. The van der Waals surface area contributed by atoms with Gasteiger partial charge in [-0.25, -0.2) is 0 Å². The van der Waals surface area contributed by atoms with Crippen LogP contribution in [0.5, 0.6) is 0 Å². The smallest absolute Gasteiger partial charge is 0.217 e. The number of carbonyl (C=O) groups excluding carboxylic acids is 2. The van der Waals surface area contributed by atoms with Gasteiger partial charge in [0, 0.05) is 6.42 Å². The van der Waals surface area contributed by atoms with E-state index >= 15 is 0 Å². The molecule has 0 radical (unpaired) electrons. The average molecular weight is 156 g/mol. The number of nitrogens with two attached hydrogens (primary N) is 1. The third-order valence-electron chi connectivity index (χ3n) is 1.20. The highest BCUT2D eigenvalue weighted by atomic mass is 16.1. The molecule has 4 heteroatoms. The quantitative estimate of drug-likeness (QED) is 0.512. The van der Waals surface area contributed by atoms with Crippen LogP contribution in [0.25, 0.3) is 0 Å². The molecule has 0 spiro atoms. The second-order valence-corrected chi connectivity index (χ2v) is 2.12. The summed E-state index contributed by atoms with van der Waals surface area (Å²) in [6.07, 6.45) is 2.78. The molecule has 11 heavy (non-hydrogen) atoms. The Balaban J connectivity index is 3.59.